The zero-order chi connectivity index (χ0) is 13.9. The summed E-state index contributed by atoms with van der Waals surface area (Å²) in [6.07, 6.45) is 5.12. The fourth-order valence-corrected chi connectivity index (χ4v) is 3.14. The number of rotatable bonds is 4. The molecule has 20 heavy (non-hydrogen) atoms. The van der Waals surface area contributed by atoms with Crippen molar-refractivity contribution >= 4 is 22.7 Å². The monoisotopic (exact) mass is 271 g/mol. The zero-order valence-electron chi connectivity index (χ0n) is 11.8. The van der Waals surface area contributed by atoms with Crippen molar-refractivity contribution in [2.24, 2.45) is 5.84 Å². The molecule has 0 unspecified atom stereocenters. The molecule has 1 aliphatic rings. The Kier molecular flexibility index (Phi) is 3.69. The van der Waals surface area contributed by atoms with Gasteiger partial charge in [0.2, 0.25) is 5.95 Å². The number of hydrazine groups is 1. The van der Waals surface area contributed by atoms with Crippen LogP contribution < -0.4 is 16.2 Å². The second-order valence-electron chi connectivity index (χ2n) is 5.26. The van der Waals surface area contributed by atoms with Crippen molar-refractivity contribution in [1.82, 2.24) is 9.97 Å². The van der Waals surface area contributed by atoms with E-state index in [1.807, 2.05) is 18.2 Å². The first kappa shape index (κ1) is 13.1. The van der Waals surface area contributed by atoms with Gasteiger partial charge in [0.25, 0.3) is 0 Å². The average molecular weight is 271 g/mol. The highest BCUT2D eigenvalue weighted by atomic mass is 15.3. The Morgan fingerprint density at radius 2 is 2.00 bits per heavy atom. The molecule has 5 nitrogen and oxygen atoms in total. The molecule has 0 spiro atoms. The van der Waals surface area contributed by atoms with Crippen LogP contribution >= 0.6 is 0 Å². The van der Waals surface area contributed by atoms with Gasteiger partial charge in [-0.15, -0.1) is 0 Å². The van der Waals surface area contributed by atoms with Crippen LogP contribution in [-0.4, -0.2) is 22.6 Å². The van der Waals surface area contributed by atoms with Gasteiger partial charge < -0.3 is 4.90 Å². The van der Waals surface area contributed by atoms with Gasteiger partial charge in [-0.25, -0.2) is 10.8 Å². The van der Waals surface area contributed by atoms with Crippen LogP contribution in [0.5, 0.6) is 0 Å². The molecule has 0 amide bonds. The number of benzene rings is 1. The Balaban J connectivity index is 2.11. The average Bonchev–Trinajstić information content (AvgIpc) is 3.02. The van der Waals surface area contributed by atoms with Gasteiger partial charge in [0.15, 0.2) is 0 Å². The van der Waals surface area contributed by atoms with Crippen molar-refractivity contribution in [3.05, 3.63) is 24.3 Å². The molecule has 1 heterocycles. The second kappa shape index (κ2) is 5.63. The first-order valence-electron chi connectivity index (χ1n) is 7.33. The number of anilines is 2. The van der Waals surface area contributed by atoms with E-state index in [0.29, 0.717) is 12.0 Å². The molecule has 1 fully saturated rings. The third kappa shape index (κ3) is 2.29. The van der Waals surface area contributed by atoms with Gasteiger partial charge in [-0.1, -0.05) is 25.0 Å². The van der Waals surface area contributed by atoms with E-state index in [-0.39, 0.29) is 0 Å². The molecule has 1 aromatic carbocycles. The number of aromatic nitrogens is 2. The van der Waals surface area contributed by atoms with Crippen LogP contribution in [0, 0.1) is 0 Å². The molecule has 0 aliphatic heterocycles. The molecule has 5 heteroatoms. The number of nitrogen functional groups attached to an aromatic ring is 1. The van der Waals surface area contributed by atoms with Crippen molar-refractivity contribution in [2.45, 2.75) is 38.6 Å². The van der Waals surface area contributed by atoms with Gasteiger partial charge in [0.1, 0.15) is 5.82 Å². The number of para-hydroxylation sites is 1. The number of nitrogens with zero attached hydrogens (tertiary/aromatic N) is 3. The van der Waals surface area contributed by atoms with Crippen molar-refractivity contribution in [3.63, 3.8) is 0 Å². The molecular formula is C15H21N5. The molecule has 1 saturated carbocycles. The smallest absolute Gasteiger partial charge is 0.239 e. The van der Waals surface area contributed by atoms with Crippen LogP contribution in [0.2, 0.25) is 0 Å². The Morgan fingerprint density at radius 1 is 1.25 bits per heavy atom. The van der Waals surface area contributed by atoms with E-state index in [0.717, 1.165) is 23.3 Å². The molecule has 0 bridgehead atoms. The fourth-order valence-electron chi connectivity index (χ4n) is 3.14. The SMILES string of the molecule is CCN(c1nc(NN)nc2ccccc12)C1CCCC1. The van der Waals surface area contributed by atoms with Gasteiger partial charge in [0, 0.05) is 18.0 Å². The Bertz CT molecular complexity index is 592. The molecule has 3 rings (SSSR count). The lowest BCUT2D eigenvalue weighted by atomic mass is 10.1. The summed E-state index contributed by atoms with van der Waals surface area (Å²) in [5.74, 6) is 6.99. The van der Waals surface area contributed by atoms with Gasteiger partial charge in [-0.05, 0) is 31.9 Å². The number of nitrogens with one attached hydrogen (secondary N) is 1. The highest BCUT2D eigenvalue weighted by Gasteiger charge is 2.24. The normalized spacial score (nSPS) is 15.7. The molecule has 1 aliphatic carbocycles. The summed E-state index contributed by atoms with van der Waals surface area (Å²) in [4.78, 5) is 11.4. The van der Waals surface area contributed by atoms with Gasteiger partial charge in [0.05, 0.1) is 5.52 Å². The summed E-state index contributed by atoms with van der Waals surface area (Å²) in [7, 11) is 0. The summed E-state index contributed by atoms with van der Waals surface area (Å²) in [6.45, 7) is 3.14. The summed E-state index contributed by atoms with van der Waals surface area (Å²) in [6, 6.07) is 8.70. The minimum atomic E-state index is 0.482. The van der Waals surface area contributed by atoms with Crippen molar-refractivity contribution in [1.29, 1.82) is 0 Å². The summed E-state index contributed by atoms with van der Waals surface area (Å²) < 4.78 is 0. The molecule has 3 N–H and O–H groups in total. The summed E-state index contributed by atoms with van der Waals surface area (Å²) in [5.41, 5.74) is 3.51. The summed E-state index contributed by atoms with van der Waals surface area (Å²) >= 11 is 0. The van der Waals surface area contributed by atoms with E-state index >= 15 is 0 Å². The molecule has 2 aromatic rings. The van der Waals surface area contributed by atoms with Crippen LogP contribution in [0.4, 0.5) is 11.8 Å². The van der Waals surface area contributed by atoms with Gasteiger partial charge in [-0.2, -0.15) is 4.98 Å². The van der Waals surface area contributed by atoms with Gasteiger partial charge >= 0.3 is 0 Å². The van der Waals surface area contributed by atoms with Crippen LogP contribution in [0.1, 0.15) is 32.6 Å². The summed E-state index contributed by atoms with van der Waals surface area (Å²) in [5, 5.41) is 1.10. The third-order valence-electron chi connectivity index (χ3n) is 4.09. The molecule has 0 atom stereocenters. The lowest BCUT2D eigenvalue weighted by molar-refractivity contribution is 0.615. The maximum Gasteiger partial charge on any atom is 0.239 e. The first-order valence-corrected chi connectivity index (χ1v) is 7.33. The lowest BCUT2D eigenvalue weighted by Gasteiger charge is -2.29. The van der Waals surface area contributed by atoms with Crippen molar-refractivity contribution in [3.8, 4) is 0 Å². The Morgan fingerprint density at radius 3 is 2.70 bits per heavy atom. The van der Waals surface area contributed by atoms with E-state index in [2.05, 4.69) is 33.3 Å². The van der Waals surface area contributed by atoms with Crippen molar-refractivity contribution < 1.29 is 0 Å². The molecular weight excluding hydrogens is 250 g/mol. The molecule has 1 aromatic heterocycles. The fraction of sp³-hybridized carbons (Fsp3) is 0.467. The molecule has 106 valence electrons. The minimum Gasteiger partial charge on any atom is -0.353 e. The predicted octanol–water partition coefficient (Wildman–Crippen LogP) is 2.68. The zero-order valence-corrected chi connectivity index (χ0v) is 11.8. The Labute approximate surface area is 119 Å². The lowest BCUT2D eigenvalue weighted by Crippen LogP contribution is -2.34. The number of hydrogen-bond donors (Lipinski definition) is 2. The number of hydrogen-bond acceptors (Lipinski definition) is 5. The van der Waals surface area contributed by atoms with Gasteiger partial charge in [-0.3, -0.25) is 5.43 Å². The second-order valence-corrected chi connectivity index (χ2v) is 5.26. The molecule has 0 radical (unpaired) electrons. The largest absolute Gasteiger partial charge is 0.353 e. The third-order valence-corrected chi connectivity index (χ3v) is 4.09. The predicted molar refractivity (Wildman–Crippen MR) is 82.6 cm³/mol. The van der Waals surface area contributed by atoms with E-state index in [1.54, 1.807) is 0 Å². The quantitative estimate of drug-likeness (QED) is 0.661. The number of nitrogens with two attached hydrogens (primary N) is 1. The van der Waals surface area contributed by atoms with E-state index in [4.69, 9.17) is 5.84 Å². The van der Waals surface area contributed by atoms with Crippen molar-refractivity contribution in [2.75, 3.05) is 16.9 Å². The molecule has 0 saturated heterocycles. The van der Waals surface area contributed by atoms with Crippen LogP contribution in [0.3, 0.4) is 0 Å². The highest BCUT2D eigenvalue weighted by Crippen LogP contribution is 2.31. The van der Waals surface area contributed by atoms with Crippen LogP contribution in [0.25, 0.3) is 10.9 Å². The maximum absolute atomic E-state index is 5.51. The Hall–Kier alpha value is -1.88. The van der Waals surface area contributed by atoms with Crippen LogP contribution in [0.15, 0.2) is 24.3 Å². The standard InChI is InChI=1S/C15H21N5/c1-2-20(11-7-3-4-8-11)14-12-9-5-6-10-13(12)17-15(18-14)19-16/h5-6,9-11H,2-4,7-8,16H2,1H3,(H,17,18,19). The minimum absolute atomic E-state index is 0.482. The van der Waals surface area contributed by atoms with E-state index in [9.17, 15) is 0 Å². The maximum atomic E-state index is 5.51. The number of fused-ring (bicyclic) bond motifs is 1. The highest BCUT2D eigenvalue weighted by molar-refractivity contribution is 5.90. The topological polar surface area (TPSA) is 67.1 Å². The van der Waals surface area contributed by atoms with Crippen LogP contribution in [-0.2, 0) is 0 Å². The first-order chi connectivity index (χ1) is 9.83. The van der Waals surface area contributed by atoms with E-state index in [1.165, 1.54) is 25.7 Å². The van der Waals surface area contributed by atoms with E-state index < -0.39 is 0 Å².